The molecule has 112 valence electrons. The van der Waals surface area contributed by atoms with E-state index in [9.17, 15) is 15.2 Å². The van der Waals surface area contributed by atoms with Gasteiger partial charge in [0.25, 0.3) is 5.69 Å². The normalized spacial score (nSPS) is 12.3. The predicted octanol–water partition coefficient (Wildman–Crippen LogP) is 2.03. The standard InChI is InChI=1S/C14H22N2O4/c1-20-10-4-2-3-9-15-11-14(17)12-5-7-13(8-6-12)16(18)19/h5-8,14-15,17H,2-4,9-11H2,1H3. The summed E-state index contributed by atoms with van der Waals surface area (Å²) in [6.45, 7) is 2.07. The van der Waals surface area contributed by atoms with Gasteiger partial charge in [-0.2, -0.15) is 0 Å². The first-order chi connectivity index (χ1) is 9.65. The van der Waals surface area contributed by atoms with Gasteiger partial charge in [-0.1, -0.05) is 0 Å². The summed E-state index contributed by atoms with van der Waals surface area (Å²) >= 11 is 0. The third kappa shape index (κ3) is 6.10. The van der Waals surface area contributed by atoms with Gasteiger partial charge >= 0.3 is 0 Å². The van der Waals surface area contributed by atoms with Crippen molar-refractivity contribution < 1.29 is 14.8 Å². The molecule has 0 spiro atoms. The molecule has 0 aliphatic rings. The van der Waals surface area contributed by atoms with Crippen LogP contribution in [0.2, 0.25) is 0 Å². The van der Waals surface area contributed by atoms with Crippen LogP contribution in [0.4, 0.5) is 5.69 Å². The first-order valence-corrected chi connectivity index (χ1v) is 6.77. The molecule has 0 heterocycles. The molecule has 1 atom stereocenters. The number of methoxy groups -OCH3 is 1. The van der Waals surface area contributed by atoms with E-state index in [1.54, 1.807) is 19.2 Å². The first kappa shape index (κ1) is 16.6. The van der Waals surface area contributed by atoms with Gasteiger partial charge in [0, 0.05) is 32.4 Å². The molecular formula is C14H22N2O4. The Balaban J connectivity index is 2.22. The number of nitro groups is 1. The average molecular weight is 282 g/mol. The van der Waals surface area contributed by atoms with Crippen LogP contribution < -0.4 is 5.32 Å². The van der Waals surface area contributed by atoms with Crippen LogP contribution in [0.1, 0.15) is 30.9 Å². The number of hydrogen-bond acceptors (Lipinski definition) is 5. The summed E-state index contributed by atoms with van der Waals surface area (Å²) in [5, 5.41) is 23.6. The number of nitrogens with one attached hydrogen (secondary N) is 1. The van der Waals surface area contributed by atoms with Crippen LogP contribution in [-0.4, -0.2) is 36.8 Å². The van der Waals surface area contributed by atoms with Crippen LogP contribution in [0.5, 0.6) is 0 Å². The molecule has 20 heavy (non-hydrogen) atoms. The maximum atomic E-state index is 10.5. The fourth-order valence-electron chi connectivity index (χ4n) is 1.85. The van der Waals surface area contributed by atoms with E-state index < -0.39 is 11.0 Å². The Labute approximate surface area is 118 Å². The van der Waals surface area contributed by atoms with Crippen molar-refractivity contribution in [3.8, 4) is 0 Å². The molecule has 0 fully saturated rings. The highest BCUT2D eigenvalue weighted by molar-refractivity contribution is 5.33. The van der Waals surface area contributed by atoms with Crippen molar-refractivity contribution in [1.82, 2.24) is 5.32 Å². The summed E-state index contributed by atoms with van der Waals surface area (Å²) in [6.07, 6.45) is 2.53. The number of aliphatic hydroxyl groups is 1. The van der Waals surface area contributed by atoms with Crippen molar-refractivity contribution >= 4 is 5.69 Å². The highest BCUT2D eigenvalue weighted by Gasteiger charge is 2.09. The van der Waals surface area contributed by atoms with Gasteiger partial charge in [0.2, 0.25) is 0 Å². The van der Waals surface area contributed by atoms with Gasteiger partial charge in [0.05, 0.1) is 11.0 Å². The first-order valence-electron chi connectivity index (χ1n) is 6.77. The van der Waals surface area contributed by atoms with Gasteiger partial charge in [-0.05, 0) is 43.5 Å². The Kier molecular flexibility index (Phi) is 7.79. The lowest BCUT2D eigenvalue weighted by molar-refractivity contribution is -0.384. The molecule has 2 N–H and O–H groups in total. The number of benzene rings is 1. The van der Waals surface area contributed by atoms with Crippen molar-refractivity contribution in [2.45, 2.75) is 25.4 Å². The van der Waals surface area contributed by atoms with Gasteiger partial charge < -0.3 is 15.2 Å². The van der Waals surface area contributed by atoms with Crippen molar-refractivity contribution in [3.05, 3.63) is 39.9 Å². The second-order valence-corrected chi connectivity index (χ2v) is 4.62. The molecule has 0 radical (unpaired) electrons. The largest absolute Gasteiger partial charge is 0.387 e. The van der Waals surface area contributed by atoms with Crippen molar-refractivity contribution in [2.75, 3.05) is 26.8 Å². The smallest absolute Gasteiger partial charge is 0.269 e. The van der Waals surface area contributed by atoms with E-state index in [2.05, 4.69) is 5.32 Å². The summed E-state index contributed by atoms with van der Waals surface area (Å²) in [5.74, 6) is 0. The highest BCUT2D eigenvalue weighted by Crippen LogP contribution is 2.17. The predicted molar refractivity (Wildman–Crippen MR) is 76.7 cm³/mol. The second-order valence-electron chi connectivity index (χ2n) is 4.62. The Hall–Kier alpha value is -1.50. The minimum Gasteiger partial charge on any atom is -0.387 e. The molecule has 0 saturated heterocycles. The SMILES string of the molecule is COCCCCCNCC(O)c1ccc([N+](=O)[O-])cc1. The third-order valence-corrected chi connectivity index (χ3v) is 3.03. The fraction of sp³-hybridized carbons (Fsp3) is 0.571. The summed E-state index contributed by atoms with van der Waals surface area (Å²) in [5.41, 5.74) is 0.717. The second kappa shape index (κ2) is 9.41. The molecule has 0 aliphatic carbocycles. The average Bonchev–Trinajstić information content (AvgIpc) is 2.46. The van der Waals surface area contributed by atoms with E-state index >= 15 is 0 Å². The number of rotatable bonds is 10. The van der Waals surface area contributed by atoms with Crippen LogP contribution in [0.15, 0.2) is 24.3 Å². The summed E-state index contributed by atoms with van der Waals surface area (Å²) in [7, 11) is 1.69. The number of ether oxygens (including phenoxy) is 1. The van der Waals surface area contributed by atoms with Gasteiger partial charge in [-0.15, -0.1) is 0 Å². The molecule has 6 heteroatoms. The molecule has 6 nitrogen and oxygen atoms in total. The van der Waals surface area contributed by atoms with Crippen LogP contribution >= 0.6 is 0 Å². The number of unbranched alkanes of at least 4 members (excludes halogenated alkanes) is 2. The number of non-ortho nitro benzene ring substituents is 1. The minimum atomic E-state index is -0.644. The molecule has 0 aliphatic heterocycles. The van der Waals surface area contributed by atoms with Crippen LogP contribution in [0.25, 0.3) is 0 Å². The van der Waals surface area contributed by atoms with Crippen LogP contribution in [-0.2, 0) is 4.74 Å². The minimum absolute atomic E-state index is 0.0343. The van der Waals surface area contributed by atoms with Crippen LogP contribution in [0.3, 0.4) is 0 Å². The number of nitrogens with zero attached hydrogens (tertiary/aromatic N) is 1. The van der Waals surface area contributed by atoms with Gasteiger partial charge in [-0.3, -0.25) is 10.1 Å². The lowest BCUT2D eigenvalue weighted by atomic mass is 10.1. The number of aliphatic hydroxyl groups excluding tert-OH is 1. The maximum Gasteiger partial charge on any atom is 0.269 e. The van der Waals surface area contributed by atoms with Gasteiger partial charge in [-0.25, -0.2) is 0 Å². The van der Waals surface area contributed by atoms with E-state index in [1.807, 2.05) is 0 Å². The molecule has 0 aromatic heterocycles. The van der Waals surface area contributed by atoms with Gasteiger partial charge in [0.15, 0.2) is 0 Å². The zero-order valence-electron chi connectivity index (χ0n) is 11.7. The summed E-state index contributed by atoms with van der Waals surface area (Å²) in [4.78, 5) is 10.1. The molecule has 1 unspecified atom stereocenters. The van der Waals surface area contributed by atoms with Crippen LogP contribution in [0, 0.1) is 10.1 Å². The summed E-state index contributed by atoms with van der Waals surface area (Å²) in [6, 6.07) is 5.98. The molecule has 0 amide bonds. The maximum absolute atomic E-state index is 10.5. The van der Waals surface area contributed by atoms with Crippen molar-refractivity contribution in [1.29, 1.82) is 0 Å². The number of hydrogen-bond donors (Lipinski definition) is 2. The Morgan fingerprint density at radius 2 is 2.00 bits per heavy atom. The molecule has 1 rings (SSSR count). The zero-order chi connectivity index (χ0) is 14.8. The van der Waals surface area contributed by atoms with E-state index in [1.165, 1.54) is 12.1 Å². The molecule has 1 aromatic rings. The topological polar surface area (TPSA) is 84.6 Å². The number of nitro benzene ring substituents is 1. The van der Waals surface area contributed by atoms with E-state index in [-0.39, 0.29) is 5.69 Å². The highest BCUT2D eigenvalue weighted by atomic mass is 16.6. The molecule has 0 saturated carbocycles. The van der Waals surface area contributed by atoms with Crippen molar-refractivity contribution in [3.63, 3.8) is 0 Å². The Bertz CT molecular complexity index is 395. The quantitative estimate of drug-likeness (QED) is 0.390. The van der Waals surface area contributed by atoms with E-state index in [0.29, 0.717) is 12.1 Å². The van der Waals surface area contributed by atoms with E-state index in [4.69, 9.17) is 4.74 Å². The summed E-state index contributed by atoms with van der Waals surface area (Å²) < 4.78 is 4.96. The van der Waals surface area contributed by atoms with Crippen molar-refractivity contribution in [2.24, 2.45) is 0 Å². The lowest BCUT2D eigenvalue weighted by Crippen LogP contribution is -2.22. The lowest BCUT2D eigenvalue weighted by Gasteiger charge is -2.12. The van der Waals surface area contributed by atoms with Gasteiger partial charge in [0.1, 0.15) is 0 Å². The Morgan fingerprint density at radius 1 is 1.30 bits per heavy atom. The molecular weight excluding hydrogens is 260 g/mol. The Morgan fingerprint density at radius 3 is 2.60 bits per heavy atom. The third-order valence-electron chi connectivity index (χ3n) is 3.03. The zero-order valence-corrected chi connectivity index (χ0v) is 11.7. The molecule has 0 bridgehead atoms. The monoisotopic (exact) mass is 282 g/mol. The fourth-order valence-corrected chi connectivity index (χ4v) is 1.85. The molecule has 1 aromatic carbocycles. The van der Waals surface area contributed by atoms with E-state index in [0.717, 1.165) is 32.4 Å².